The molecule has 3 rings (SSSR count). The standard InChI is InChI=1S/C21H25NO5.C6H5NO3/c1-21(2,3)27-20(25)22-18(19(23)24)13-15-9-11-17(12-10-15)26-14-16-7-5-4-6-8-16;8-6-3-1-5(2-4-6)7(9)10/h4-12,18H,13-14H2,1-3H3,(H,22,25)(H,23,24);1-4,8H/t18-;/m0./s1. The molecule has 0 radical (unpaired) electrons. The Balaban J connectivity index is 0.000000402. The molecule has 0 saturated heterocycles. The number of nitrogens with one attached hydrogen (secondary N) is 1. The van der Waals surface area contributed by atoms with E-state index in [1.807, 2.05) is 30.3 Å². The van der Waals surface area contributed by atoms with E-state index in [-0.39, 0.29) is 17.9 Å². The van der Waals surface area contributed by atoms with Gasteiger partial charge in [-0.3, -0.25) is 10.1 Å². The van der Waals surface area contributed by atoms with E-state index in [1.54, 1.807) is 45.0 Å². The normalized spacial score (nSPS) is 11.3. The number of benzene rings is 3. The number of hydrogen-bond acceptors (Lipinski definition) is 7. The van der Waals surface area contributed by atoms with E-state index in [9.17, 15) is 24.8 Å². The number of rotatable bonds is 8. The molecule has 3 N–H and O–H groups in total. The second kappa shape index (κ2) is 13.5. The molecule has 0 spiro atoms. The van der Waals surface area contributed by atoms with Crippen molar-refractivity contribution in [3.63, 3.8) is 0 Å². The molecule has 10 heteroatoms. The number of carbonyl (C=O) groups is 2. The van der Waals surface area contributed by atoms with Gasteiger partial charge in [-0.15, -0.1) is 0 Å². The zero-order chi connectivity index (χ0) is 27.4. The first kappa shape index (κ1) is 28.6. The lowest BCUT2D eigenvalue weighted by Crippen LogP contribution is -2.44. The van der Waals surface area contributed by atoms with Crippen molar-refractivity contribution in [3.8, 4) is 11.5 Å². The smallest absolute Gasteiger partial charge is 0.408 e. The van der Waals surface area contributed by atoms with Crippen LogP contribution in [0.25, 0.3) is 0 Å². The fourth-order valence-corrected chi connectivity index (χ4v) is 2.92. The summed E-state index contributed by atoms with van der Waals surface area (Å²) in [6.07, 6.45) is -0.606. The first-order valence-corrected chi connectivity index (χ1v) is 11.3. The summed E-state index contributed by atoms with van der Waals surface area (Å²) in [5.74, 6) is -0.398. The van der Waals surface area contributed by atoms with Crippen molar-refractivity contribution in [3.05, 3.63) is 100 Å². The zero-order valence-electron chi connectivity index (χ0n) is 20.8. The second-order valence-electron chi connectivity index (χ2n) is 8.93. The number of hydrogen-bond donors (Lipinski definition) is 3. The predicted octanol–water partition coefficient (Wildman–Crippen LogP) is 5.09. The van der Waals surface area contributed by atoms with Crippen LogP contribution in [0.4, 0.5) is 10.5 Å². The third-order valence-corrected chi connectivity index (χ3v) is 4.66. The number of ether oxygens (including phenoxy) is 2. The van der Waals surface area contributed by atoms with Gasteiger partial charge in [0, 0.05) is 18.6 Å². The number of nitrogens with zero attached hydrogens (tertiary/aromatic N) is 1. The van der Waals surface area contributed by atoms with Crippen LogP contribution < -0.4 is 10.1 Å². The molecule has 0 heterocycles. The fraction of sp³-hybridized carbons (Fsp3) is 0.259. The summed E-state index contributed by atoms with van der Waals surface area (Å²) < 4.78 is 10.8. The number of carboxylic acid groups (broad SMARTS) is 1. The van der Waals surface area contributed by atoms with Crippen LogP contribution in [0.1, 0.15) is 31.9 Å². The molecule has 0 unspecified atom stereocenters. The van der Waals surface area contributed by atoms with Gasteiger partial charge in [0.25, 0.3) is 5.69 Å². The van der Waals surface area contributed by atoms with Crippen LogP contribution in [0.15, 0.2) is 78.9 Å². The highest BCUT2D eigenvalue weighted by molar-refractivity contribution is 5.80. The molecule has 3 aromatic carbocycles. The molecular formula is C27H30N2O8. The number of aliphatic carboxylic acids is 1. The van der Waals surface area contributed by atoms with Gasteiger partial charge < -0.3 is 25.0 Å². The van der Waals surface area contributed by atoms with Crippen molar-refractivity contribution in [1.29, 1.82) is 0 Å². The van der Waals surface area contributed by atoms with Gasteiger partial charge >= 0.3 is 12.1 Å². The van der Waals surface area contributed by atoms with E-state index in [1.165, 1.54) is 24.3 Å². The lowest BCUT2D eigenvalue weighted by Gasteiger charge is -2.22. The Bertz CT molecular complexity index is 1160. The van der Waals surface area contributed by atoms with E-state index in [2.05, 4.69) is 5.32 Å². The van der Waals surface area contributed by atoms with Crippen LogP contribution in [0.5, 0.6) is 11.5 Å². The Labute approximate surface area is 214 Å². The molecular weight excluding hydrogens is 480 g/mol. The number of non-ortho nitro benzene ring substituents is 1. The van der Waals surface area contributed by atoms with Gasteiger partial charge in [0.15, 0.2) is 0 Å². The summed E-state index contributed by atoms with van der Waals surface area (Å²) in [5.41, 5.74) is 1.13. The molecule has 37 heavy (non-hydrogen) atoms. The van der Waals surface area contributed by atoms with E-state index < -0.39 is 28.6 Å². The van der Waals surface area contributed by atoms with Gasteiger partial charge in [-0.05, 0) is 56.2 Å². The third kappa shape index (κ3) is 11.1. The number of nitro groups is 1. The highest BCUT2D eigenvalue weighted by atomic mass is 16.6. The third-order valence-electron chi connectivity index (χ3n) is 4.66. The predicted molar refractivity (Wildman–Crippen MR) is 136 cm³/mol. The fourth-order valence-electron chi connectivity index (χ4n) is 2.92. The molecule has 1 atom stereocenters. The van der Waals surface area contributed by atoms with Crippen molar-refractivity contribution in [2.75, 3.05) is 0 Å². The topological polar surface area (TPSA) is 148 Å². The van der Waals surface area contributed by atoms with E-state index in [4.69, 9.17) is 14.6 Å². The summed E-state index contributed by atoms with van der Waals surface area (Å²) in [5, 5.41) is 30.5. The van der Waals surface area contributed by atoms with Gasteiger partial charge in [-0.2, -0.15) is 0 Å². The molecule has 1 amide bonds. The first-order valence-electron chi connectivity index (χ1n) is 11.3. The van der Waals surface area contributed by atoms with Crippen molar-refractivity contribution >= 4 is 17.7 Å². The summed E-state index contributed by atoms with van der Waals surface area (Å²) in [4.78, 5) is 32.8. The van der Waals surface area contributed by atoms with Crippen molar-refractivity contribution in [2.45, 2.75) is 45.4 Å². The van der Waals surface area contributed by atoms with Crippen LogP contribution in [0, 0.1) is 10.1 Å². The molecule has 0 bridgehead atoms. The van der Waals surface area contributed by atoms with Gasteiger partial charge in [0.1, 0.15) is 29.7 Å². The van der Waals surface area contributed by atoms with E-state index in [0.29, 0.717) is 12.4 Å². The van der Waals surface area contributed by atoms with Crippen LogP contribution in [0.2, 0.25) is 0 Å². The minimum atomic E-state index is -1.12. The monoisotopic (exact) mass is 510 g/mol. The van der Waals surface area contributed by atoms with E-state index in [0.717, 1.165) is 11.1 Å². The van der Waals surface area contributed by atoms with E-state index >= 15 is 0 Å². The number of carboxylic acids is 1. The van der Waals surface area contributed by atoms with Crippen molar-refractivity contribution < 1.29 is 34.2 Å². The molecule has 0 aromatic heterocycles. The number of aromatic hydroxyl groups is 1. The number of alkyl carbamates (subject to hydrolysis) is 1. The highest BCUT2D eigenvalue weighted by Gasteiger charge is 2.24. The zero-order valence-corrected chi connectivity index (χ0v) is 20.8. The van der Waals surface area contributed by atoms with Gasteiger partial charge in [-0.1, -0.05) is 42.5 Å². The second-order valence-corrected chi connectivity index (χ2v) is 8.93. The largest absolute Gasteiger partial charge is 0.508 e. The minimum Gasteiger partial charge on any atom is -0.508 e. The maximum atomic E-state index is 11.8. The summed E-state index contributed by atoms with van der Waals surface area (Å²) in [7, 11) is 0. The van der Waals surface area contributed by atoms with Crippen molar-refractivity contribution in [2.24, 2.45) is 0 Å². The average Bonchev–Trinajstić information content (AvgIpc) is 2.83. The Hall–Kier alpha value is -4.60. The Morgan fingerprint density at radius 3 is 2.05 bits per heavy atom. The molecule has 196 valence electrons. The number of phenolic OH excluding ortho intramolecular Hbond substituents is 1. The molecule has 0 aliphatic carbocycles. The number of carbonyl (C=O) groups excluding carboxylic acids is 1. The molecule has 0 fully saturated rings. The molecule has 0 aliphatic heterocycles. The Morgan fingerprint density at radius 2 is 1.54 bits per heavy atom. The van der Waals surface area contributed by atoms with Crippen LogP contribution in [0.3, 0.4) is 0 Å². The summed E-state index contributed by atoms with van der Waals surface area (Å²) in [6.45, 7) is 5.61. The molecule has 10 nitrogen and oxygen atoms in total. The molecule has 0 aliphatic rings. The lowest BCUT2D eigenvalue weighted by molar-refractivity contribution is -0.384. The van der Waals surface area contributed by atoms with Crippen LogP contribution >= 0.6 is 0 Å². The maximum Gasteiger partial charge on any atom is 0.408 e. The quantitative estimate of drug-likeness (QED) is 0.280. The summed E-state index contributed by atoms with van der Waals surface area (Å²) >= 11 is 0. The van der Waals surface area contributed by atoms with Crippen molar-refractivity contribution in [1.82, 2.24) is 5.32 Å². The Morgan fingerprint density at radius 1 is 0.946 bits per heavy atom. The number of amides is 1. The number of phenols is 1. The minimum absolute atomic E-state index is 0.0159. The Kier molecular flexibility index (Phi) is 10.4. The maximum absolute atomic E-state index is 11.8. The summed E-state index contributed by atoms with van der Waals surface area (Å²) in [6, 6.07) is 20.9. The SMILES string of the molecule is CC(C)(C)OC(=O)N[C@@H](Cc1ccc(OCc2ccccc2)cc1)C(=O)O.O=[N+]([O-])c1ccc(O)cc1. The van der Waals surface area contributed by atoms with Gasteiger partial charge in [0.2, 0.25) is 0 Å². The van der Waals surface area contributed by atoms with Crippen LogP contribution in [-0.2, 0) is 22.6 Å². The van der Waals surface area contributed by atoms with Crippen LogP contribution in [-0.4, -0.2) is 38.8 Å². The highest BCUT2D eigenvalue weighted by Crippen LogP contribution is 2.16. The van der Waals surface area contributed by atoms with Gasteiger partial charge in [0.05, 0.1) is 4.92 Å². The first-order chi connectivity index (χ1) is 17.4. The average molecular weight is 511 g/mol. The van der Waals surface area contributed by atoms with Gasteiger partial charge in [-0.25, -0.2) is 9.59 Å². The molecule has 0 saturated carbocycles. The number of nitro benzene ring substituents is 1. The lowest BCUT2D eigenvalue weighted by atomic mass is 10.1. The molecule has 3 aromatic rings.